The lowest BCUT2D eigenvalue weighted by molar-refractivity contribution is 0.269. The minimum Gasteiger partial charge on any atom is -0.497 e. The zero-order valence-corrected chi connectivity index (χ0v) is 12.9. The Morgan fingerprint density at radius 3 is 2.76 bits per heavy atom. The Hall–Kier alpha value is -1.78. The molecule has 0 radical (unpaired) electrons. The minimum atomic E-state index is 0.608. The number of hydrogen-bond acceptors (Lipinski definition) is 4. The van der Waals surface area contributed by atoms with E-state index < -0.39 is 0 Å². The first-order chi connectivity index (χ1) is 10.2. The number of ether oxygens (including phenoxy) is 2. The van der Waals surface area contributed by atoms with E-state index in [4.69, 9.17) is 21.1 Å². The van der Waals surface area contributed by atoms with Crippen molar-refractivity contribution in [2.45, 2.75) is 19.6 Å². The number of hydrogen-bond donors (Lipinski definition) is 0. The van der Waals surface area contributed by atoms with Crippen LogP contribution in [0.4, 0.5) is 0 Å². The molecule has 0 amide bonds. The standard InChI is InChI=1S/C16H17ClN2O2/c1-20-13-4-3-12(15(7-13)21-2)9-19-8-11-5-6-18-16(17)14(11)10-19/h3-7H,8-10H2,1-2H3. The minimum absolute atomic E-state index is 0.608. The normalized spacial score (nSPS) is 14.0. The average Bonchev–Trinajstić information content (AvgIpc) is 2.91. The van der Waals surface area contributed by atoms with E-state index in [1.54, 1.807) is 20.4 Å². The van der Waals surface area contributed by atoms with Crippen molar-refractivity contribution in [3.63, 3.8) is 0 Å². The SMILES string of the molecule is COc1ccc(CN2Cc3ccnc(Cl)c3C2)c(OC)c1. The molecule has 0 bridgehead atoms. The van der Waals surface area contributed by atoms with Crippen LogP contribution in [0.3, 0.4) is 0 Å². The summed E-state index contributed by atoms with van der Waals surface area (Å²) in [6.07, 6.45) is 1.76. The lowest BCUT2D eigenvalue weighted by Gasteiger charge is -2.17. The quantitative estimate of drug-likeness (QED) is 0.812. The topological polar surface area (TPSA) is 34.6 Å². The summed E-state index contributed by atoms with van der Waals surface area (Å²) in [5.41, 5.74) is 3.52. The number of halogens is 1. The van der Waals surface area contributed by atoms with E-state index in [9.17, 15) is 0 Å². The molecule has 2 aromatic rings. The molecule has 21 heavy (non-hydrogen) atoms. The van der Waals surface area contributed by atoms with Crippen LogP contribution in [0.25, 0.3) is 0 Å². The molecule has 0 saturated carbocycles. The molecule has 1 aliphatic heterocycles. The third-order valence-corrected chi connectivity index (χ3v) is 4.09. The van der Waals surface area contributed by atoms with Gasteiger partial charge in [0.1, 0.15) is 16.7 Å². The first-order valence-corrected chi connectivity index (χ1v) is 7.14. The Labute approximate surface area is 129 Å². The number of aromatic nitrogens is 1. The summed E-state index contributed by atoms with van der Waals surface area (Å²) < 4.78 is 10.7. The maximum Gasteiger partial charge on any atom is 0.133 e. The summed E-state index contributed by atoms with van der Waals surface area (Å²) in [5.74, 6) is 1.64. The molecule has 2 heterocycles. The summed E-state index contributed by atoms with van der Waals surface area (Å²) in [4.78, 5) is 6.47. The average molecular weight is 305 g/mol. The van der Waals surface area contributed by atoms with Crippen molar-refractivity contribution >= 4 is 11.6 Å². The molecule has 0 spiro atoms. The van der Waals surface area contributed by atoms with Crippen molar-refractivity contribution < 1.29 is 9.47 Å². The zero-order valence-electron chi connectivity index (χ0n) is 12.1. The second kappa shape index (κ2) is 5.92. The van der Waals surface area contributed by atoms with Gasteiger partial charge in [-0.1, -0.05) is 17.7 Å². The third-order valence-electron chi connectivity index (χ3n) is 3.76. The van der Waals surface area contributed by atoms with Crippen LogP contribution in [0.1, 0.15) is 16.7 Å². The Bertz CT molecular complexity index is 661. The van der Waals surface area contributed by atoms with Crippen LogP contribution in [0.5, 0.6) is 11.5 Å². The molecule has 0 aliphatic carbocycles. The second-order valence-corrected chi connectivity index (χ2v) is 5.42. The summed E-state index contributed by atoms with van der Waals surface area (Å²) in [7, 11) is 3.33. The first kappa shape index (κ1) is 14.2. The van der Waals surface area contributed by atoms with E-state index in [1.165, 1.54) is 5.56 Å². The molecule has 110 valence electrons. The first-order valence-electron chi connectivity index (χ1n) is 6.76. The zero-order chi connectivity index (χ0) is 14.8. The highest BCUT2D eigenvalue weighted by atomic mass is 35.5. The molecular formula is C16H17ClN2O2. The molecule has 4 nitrogen and oxygen atoms in total. The predicted molar refractivity (Wildman–Crippen MR) is 81.7 cm³/mol. The number of rotatable bonds is 4. The van der Waals surface area contributed by atoms with Crippen LogP contribution in [0, 0.1) is 0 Å². The fourth-order valence-electron chi connectivity index (χ4n) is 2.67. The lowest BCUT2D eigenvalue weighted by atomic mass is 10.2. The lowest BCUT2D eigenvalue weighted by Crippen LogP contribution is -2.16. The molecule has 0 saturated heterocycles. The molecular weight excluding hydrogens is 288 g/mol. The number of pyridine rings is 1. The van der Waals surface area contributed by atoms with Crippen molar-refractivity contribution in [2.24, 2.45) is 0 Å². The number of fused-ring (bicyclic) bond motifs is 1. The van der Waals surface area contributed by atoms with Crippen LogP contribution in [-0.4, -0.2) is 24.1 Å². The molecule has 3 rings (SSSR count). The monoisotopic (exact) mass is 304 g/mol. The van der Waals surface area contributed by atoms with Crippen LogP contribution in [0.15, 0.2) is 30.5 Å². The Morgan fingerprint density at radius 2 is 2.05 bits per heavy atom. The van der Waals surface area contributed by atoms with Crippen LogP contribution in [-0.2, 0) is 19.6 Å². The molecule has 5 heteroatoms. The van der Waals surface area contributed by atoms with E-state index in [0.29, 0.717) is 5.15 Å². The Balaban J connectivity index is 1.79. The van der Waals surface area contributed by atoms with E-state index >= 15 is 0 Å². The highest BCUT2D eigenvalue weighted by Gasteiger charge is 2.22. The van der Waals surface area contributed by atoms with Gasteiger partial charge in [-0.25, -0.2) is 4.98 Å². The van der Waals surface area contributed by atoms with Gasteiger partial charge in [-0.15, -0.1) is 0 Å². The van der Waals surface area contributed by atoms with Gasteiger partial charge in [0.25, 0.3) is 0 Å². The van der Waals surface area contributed by atoms with Gasteiger partial charge in [0, 0.05) is 43.0 Å². The molecule has 1 aromatic carbocycles. The molecule has 1 aromatic heterocycles. The fourth-order valence-corrected chi connectivity index (χ4v) is 2.91. The van der Waals surface area contributed by atoms with Crippen LogP contribution >= 0.6 is 11.6 Å². The summed E-state index contributed by atoms with van der Waals surface area (Å²) >= 11 is 6.16. The maximum atomic E-state index is 6.16. The van der Waals surface area contributed by atoms with Gasteiger partial charge in [0.15, 0.2) is 0 Å². The molecule has 0 unspecified atom stereocenters. The van der Waals surface area contributed by atoms with E-state index in [1.807, 2.05) is 24.3 Å². The summed E-state index contributed by atoms with van der Waals surface area (Å²) in [6.45, 7) is 2.50. The smallest absolute Gasteiger partial charge is 0.133 e. The van der Waals surface area contributed by atoms with Gasteiger partial charge in [-0.05, 0) is 17.7 Å². The molecule has 0 fully saturated rings. The van der Waals surface area contributed by atoms with Crippen molar-refractivity contribution in [1.82, 2.24) is 9.88 Å². The van der Waals surface area contributed by atoms with Gasteiger partial charge < -0.3 is 9.47 Å². The van der Waals surface area contributed by atoms with E-state index in [2.05, 4.69) is 9.88 Å². The van der Waals surface area contributed by atoms with Gasteiger partial charge in [-0.3, -0.25) is 4.90 Å². The molecule has 0 atom stereocenters. The van der Waals surface area contributed by atoms with Crippen molar-refractivity contribution in [1.29, 1.82) is 0 Å². The fraction of sp³-hybridized carbons (Fsp3) is 0.312. The Kier molecular flexibility index (Phi) is 3.99. The van der Waals surface area contributed by atoms with Gasteiger partial charge in [0.05, 0.1) is 14.2 Å². The summed E-state index contributed by atoms with van der Waals surface area (Å²) in [6, 6.07) is 7.94. The molecule has 1 aliphatic rings. The van der Waals surface area contributed by atoms with E-state index in [0.717, 1.165) is 42.3 Å². The van der Waals surface area contributed by atoms with Crippen molar-refractivity contribution in [3.05, 3.63) is 52.3 Å². The maximum absolute atomic E-state index is 6.16. The number of benzene rings is 1. The van der Waals surface area contributed by atoms with Gasteiger partial charge in [0.2, 0.25) is 0 Å². The molecule has 0 N–H and O–H groups in total. The highest BCUT2D eigenvalue weighted by Crippen LogP contribution is 2.31. The van der Waals surface area contributed by atoms with Crippen LogP contribution in [0.2, 0.25) is 5.15 Å². The van der Waals surface area contributed by atoms with Crippen molar-refractivity contribution in [3.8, 4) is 11.5 Å². The third kappa shape index (κ3) is 2.82. The van der Waals surface area contributed by atoms with Gasteiger partial charge >= 0.3 is 0 Å². The second-order valence-electron chi connectivity index (χ2n) is 5.06. The van der Waals surface area contributed by atoms with Gasteiger partial charge in [-0.2, -0.15) is 0 Å². The Morgan fingerprint density at radius 1 is 1.19 bits per heavy atom. The highest BCUT2D eigenvalue weighted by molar-refractivity contribution is 6.30. The van der Waals surface area contributed by atoms with E-state index in [-0.39, 0.29) is 0 Å². The largest absolute Gasteiger partial charge is 0.497 e. The summed E-state index contributed by atoms with van der Waals surface area (Å²) in [5, 5.41) is 0.608. The van der Waals surface area contributed by atoms with Crippen molar-refractivity contribution in [2.75, 3.05) is 14.2 Å². The predicted octanol–water partition coefficient (Wildman–Crippen LogP) is 3.27. The van der Waals surface area contributed by atoms with Crippen LogP contribution < -0.4 is 9.47 Å². The number of nitrogens with zero attached hydrogens (tertiary/aromatic N) is 2. The number of methoxy groups -OCH3 is 2.